The summed E-state index contributed by atoms with van der Waals surface area (Å²) in [4.78, 5) is 121. The Hall–Kier alpha value is -5.56. The number of rotatable bonds is 19. The van der Waals surface area contributed by atoms with Crippen LogP contribution in [0.1, 0.15) is 66.0 Å². The van der Waals surface area contributed by atoms with Gasteiger partial charge in [0, 0.05) is 38.2 Å². The summed E-state index contributed by atoms with van der Waals surface area (Å²) in [6, 6.07) is -6.56. The molecule has 20 heteroatoms. The molecule has 2 heterocycles. The van der Waals surface area contributed by atoms with Gasteiger partial charge in [-0.1, -0.05) is 13.8 Å². The van der Waals surface area contributed by atoms with Crippen molar-refractivity contribution in [2.75, 3.05) is 13.1 Å². The van der Waals surface area contributed by atoms with Crippen LogP contribution in [0.5, 0.6) is 0 Å². The molecule has 282 valence electrons. The average Bonchev–Trinajstić information content (AvgIpc) is 3.76. The molecule has 11 N–H and O–H groups in total. The zero-order valence-electron chi connectivity index (χ0n) is 29.4. The maximum Gasteiger partial charge on any atom is 0.243 e. The summed E-state index contributed by atoms with van der Waals surface area (Å²) in [5, 5.41) is 15.0. The van der Waals surface area contributed by atoms with Crippen LogP contribution in [-0.2, 0) is 49.6 Å². The number of primary amides is 2. The monoisotopic (exact) mass is 719 g/mol. The van der Waals surface area contributed by atoms with Gasteiger partial charge >= 0.3 is 0 Å². The number of nitrogens with two attached hydrogens (primary N) is 2. The van der Waals surface area contributed by atoms with Crippen LogP contribution in [0.4, 0.5) is 0 Å². The first-order valence-electron chi connectivity index (χ1n) is 16.5. The standard InChI is InChI=1S/C31H49N11O9/c1-15(2)25(39-18(5)43)31(51)41-21(11-19-12-34-14-36-19)29(49)38-17(4)27(47)35-13-24(45)42-10-6-7-22(42)30(50)40-20(8-9-23(32)44)28(48)37-16(3)26(33)46/h12,14-17,20-22,25H,6-11,13H2,1-5H3,(H2,32,44)(H2,33,46)(H,34,36)(H,35,47)(H,37,48)(H,38,49)(H,39,43)(H,40,50)(H,41,51)/t16-,17+,20+,21+,22+,25+/m1/s1. The highest BCUT2D eigenvalue weighted by atomic mass is 16.2. The number of aromatic amines is 1. The summed E-state index contributed by atoms with van der Waals surface area (Å²) >= 11 is 0. The minimum Gasteiger partial charge on any atom is -0.370 e. The first-order valence-corrected chi connectivity index (χ1v) is 16.5. The summed E-state index contributed by atoms with van der Waals surface area (Å²) < 4.78 is 0. The smallest absolute Gasteiger partial charge is 0.243 e. The van der Waals surface area contributed by atoms with E-state index in [0.29, 0.717) is 12.1 Å². The molecule has 0 unspecified atom stereocenters. The molecule has 9 amide bonds. The third-order valence-electron chi connectivity index (χ3n) is 8.06. The Morgan fingerprint density at radius 3 is 2.08 bits per heavy atom. The number of nitrogens with zero attached hydrogens (tertiary/aromatic N) is 2. The molecule has 0 spiro atoms. The van der Waals surface area contributed by atoms with Crippen molar-refractivity contribution in [2.45, 2.75) is 103 Å². The van der Waals surface area contributed by atoms with Gasteiger partial charge in [-0.2, -0.15) is 0 Å². The molecule has 51 heavy (non-hydrogen) atoms. The van der Waals surface area contributed by atoms with E-state index in [9.17, 15) is 43.2 Å². The van der Waals surface area contributed by atoms with Crippen molar-refractivity contribution in [2.24, 2.45) is 17.4 Å². The average molecular weight is 720 g/mol. The van der Waals surface area contributed by atoms with E-state index < -0.39 is 96.0 Å². The predicted molar refractivity (Wildman–Crippen MR) is 179 cm³/mol. The van der Waals surface area contributed by atoms with E-state index in [1.807, 2.05) is 0 Å². The van der Waals surface area contributed by atoms with Crippen molar-refractivity contribution < 1.29 is 43.2 Å². The van der Waals surface area contributed by atoms with Gasteiger partial charge < -0.3 is 53.3 Å². The molecule has 2 rings (SSSR count). The predicted octanol–water partition coefficient (Wildman–Crippen LogP) is -4.05. The van der Waals surface area contributed by atoms with Crippen molar-refractivity contribution >= 4 is 53.2 Å². The fraction of sp³-hybridized carbons (Fsp3) is 0.613. The number of likely N-dealkylation sites (tertiary alicyclic amines) is 1. The highest BCUT2D eigenvalue weighted by Gasteiger charge is 2.37. The summed E-state index contributed by atoms with van der Waals surface area (Å²) in [6.45, 7) is 7.11. The Bertz CT molecular complexity index is 1450. The largest absolute Gasteiger partial charge is 0.370 e. The Balaban J connectivity index is 2.03. The van der Waals surface area contributed by atoms with Crippen LogP contribution < -0.4 is 43.4 Å². The van der Waals surface area contributed by atoms with Gasteiger partial charge in [0.05, 0.1) is 12.9 Å². The molecule has 0 bridgehead atoms. The van der Waals surface area contributed by atoms with Gasteiger partial charge in [-0.3, -0.25) is 43.2 Å². The van der Waals surface area contributed by atoms with Crippen molar-refractivity contribution in [1.82, 2.24) is 46.8 Å². The van der Waals surface area contributed by atoms with Gasteiger partial charge in [-0.15, -0.1) is 0 Å². The van der Waals surface area contributed by atoms with Crippen LogP contribution >= 0.6 is 0 Å². The third-order valence-corrected chi connectivity index (χ3v) is 8.06. The first kappa shape index (κ1) is 41.6. The molecule has 20 nitrogen and oxygen atoms in total. The van der Waals surface area contributed by atoms with Gasteiger partial charge in [0.25, 0.3) is 0 Å². The molecule has 0 saturated carbocycles. The normalized spacial score (nSPS) is 16.8. The number of hydrogen-bond donors (Lipinski definition) is 9. The highest BCUT2D eigenvalue weighted by Crippen LogP contribution is 2.18. The van der Waals surface area contributed by atoms with E-state index in [-0.39, 0.29) is 38.1 Å². The topological polar surface area (TPSA) is 310 Å². The van der Waals surface area contributed by atoms with Crippen molar-refractivity contribution in [1.29, 1.82) is 0 Å². The summed E-state index contributed by atoms with van der Waals surface area (Å²) in [5.41, 5.74) is 10.9. The number of hydrogen-bond acceptors (Lipinski definition) is 10. The maximum atomic E-state index is 13.3. The second kappa shape index (κ2) is 19.6. The number of nitrogens with one attached hydrogen (secondary N) is 7. The Labute approximate surface area is 294 Å². The number of aromatic nitrogens is 2. The van der Waals surface area contributed by atoms with Crippen LogP contribution in [0, 0.1) is 5.92 Å². The van der Waals surface area contributed by atoms with Crippen LogP contribution in [-0.4, -0.2) is 117 Å². The highest BCUT2D eigenvalue weighted by molar-refractivity contribution is 5.97. The molecule has 0 aliphatic carbocycles. The van der Waals surface area contributed by atoms with Crippen molar-refractivity contribution in [3.8, 4) is 0 Å². The second-order valence-electron chi connectivity index (χ2n) is 12.7. The fourth-order valence-corrected chi connectivity index (χ4v) is 5.18. The van der Waals surface area contributed by atoms with E-state index >= 15 is 0 Å². The maximum absolute atomic E-state index is 13.3. The van der Waals surface area contributed by atoms with Gasteiger partial charge in [0.2, 0.25) is 53.2 Å². The van der Waals surface area contributed by atoms with Gasteiger partial charge in [0.15, 0.2) is 0 Å². The Morgan fingerprint density at radius 1 is 0.863 bits per heavy atom. The van der Waals surface area contributed by atoms with Gasteiger partial charge in [-0.25, -0.2) is 4.98 Å². The Morgan fingerprint density at radius 2 is 1.51 bits per heavy atom. The van der Waals surface area contributed by atoms with Crippen LogP contribution in [0.2, 0.25) is 0 Å². The Kier molecular flexibility index (Phi) is 16.0. The minimum absolute atomic E-state index is 0.0110. The van der Waals surface area contributed by atoms with E-state index in [4.69, 9.17) is 11.5 Å². The van der Waals surface area contributed by atoms with Gasteiger partial charge in [-0.05, 0) is 39.0 Å². The van der Waals surface area contributed by atoms with E-state index in [0.717, 1.165) is 0 Å². The zero-order valence-corrected chi connectivity index (χ0v) is 29.4. The van der Waals surface area contributed by atoms with Gasteiger partial charge in [0.1, 0.15) is 36.3 Å². The van der Waals surface area contributed by atoms with Crippen molar-refractivity contribution in [3.05, 3.63) is 18.2 Å². The molecular weight excluding hydrogens is 670 g/mol. The number of carbonyl (C=O) groups is 9. The molecule has 1 saturated heterocycles. The molecule has 1 aliphatic rings. The molecule has 6 atom stereocenters. The minimum atomic E-state index is -1.25. The number of H-pyrrole nitrogens is 1. The second-order valence-corrected chi connectivity index (χ2v) is 12.7. The molecular formula is C31H49N11O9. The lowest BCUT2D eigenvalue weighted by atomic mass is 10.0. The first-order chi connectivity index (χ1) is 23.9. The number of carbonyl (C=O) groups excluding carboxylic acids is 9. The van der Waals surface area contributed by atoms with Crippen LogP contribution in [0.15, 0.2) is 12.5 Å². The lowest BCUT2D eigenvalue weighted by Gasteiger charge is -2.27. The molecule has 1 fully saturated rings. The fourth-order valence-electron chi connectivity index (χ4n) is 5.18. The zero-order chi connectivity index (χ0) is 38.4. The van der Waals surface area contributed by atoms with E-state index in [1.165, 1.54) is 38.2 Å². The lowest BCUT2D eigenvalue weighted by Crippen LogP contribution is -2.58. The van der Waals surface area contributed by atoms with Crippen molar-refractivity contribution in [3.63, 3.8) is 0 Å². The summed E-state index contributed by atoms with van der Waals surface area (Å²) in [6.07, 6.45) is 3.14. The summed E-state index contributed by atoms with van der Waals surface area (Å²) in [7, 11) is 0. The third kappa shape index (κ3) is 13.3. The number of amides is 9. The van der Waals surface area contributed by atoms with Crippen LogP contribution in [0.25, 0.3) is 0 Å². The lowest BCUT2D eigenvalue weighted by molar-refractivity contribution is -0.140. The molecule has 0 aromatic carbocycles. The number of imidazole rings is 1. The molecule has 0 radical (unpaired) electrons. The summed E-state index contributed by atoms with van der Waals surface area (Å²) in [5.74, 6) is -6.37. The molecule has 1 aliphatic heterocycles. The quantitative estimate of drug-likeness (QED) is 0.0666. The van der Waals surface area contributed by atoms with E-state index in [1.54, 1.807) is 13.8 Å². The molecule has 1 aromatic heterocycles. The SMILES string of the molecule is CC(=O)N[C@H](C(=O)N[C@@H](Cc1cnc[nH]1)C(=O)N[C@@H](C)C(=O)NCC(=O)N1CCC[C@H]1C(=O)N[C@@H](CCC(N)=O)C(=O)N[C@H](C)C(N)=O)C(C)C. The van der Waals surface area contributed by atoms with Crippen LogP contribution in [0.3, 0.4) is 0 Å². The van der Waals surface area contributed by atoms with E-state index in [2.05, 4.69) is 41.9 Å². The molecule has 1 aromatic rings.